The standard InChI is InChI=1S/C12H25N3/c1-13-12(14-2)15-10-6-9-11-7-4-3-5-8-11/h11H,3-10H2,1-2H3,(H2,13,14,15). The zero-order chi connectivity index (χ0) is 10.9. The Hall–Kier alpha value is -0.730. The second-order valence-corrected chi connectivity index (χ2v) is 4.40. The van der Waals surface area contributed by atoms with E-state index in [0.29, 0.717) is 0 Å². The Kier molecular flexibility index (Phi) is 6.21. The number of guanidine groups is 1. The summed E-state index contributed by atoms with van der Waals surface area (Å²) >= 11 is 0. The van der Waals surface area contributed by atoms with Crippen LogP contribution in [-0.4, -0.2) is 26.6 Å². The molecule has 0 bridgehead atoms. The van der Waals surface area contributed by atoms with Crippen molar-refractivity contribution in [3.05, 3.63) is 0 Å². The van der Waals surface area contributed by atoms with E-state index in [1.807, 2.05) is 7.05 Å². The third kappa shape index (κ3) is 5.05. The molecule has 1 fully saturated rings. The van der Waals surface area contributed by atoms with Gasteiger partial charge in [0, 0.05) is 20.6 Å². The van der Waals surface area contributed by atoms with Crippen LogP contribution in [0, 0.1) is 5.92 Å². The van der Waals surface area contributed by atoms with Gasteiger partial charge in [-0.25, -0.2) is 0 Å². The molecular weight excluding hydrogens is 186 g/mol. The Morgan fingerprint density at radius 3 is 2.60 bits per heavy atom. The average Bonchev–Trinajstić information content (AvgIpc) is 2.31. The first kappa shape index (κ1) is 12.3. The van der Waals surface area contributed by atoms with Crippen molar-refractivity contribution in [2.45, 2.75) is 44.9 Å². The number of rotatable bonds is 4. The van der Waals surface area contributed by atoms with E-state index >= 15 is 0 Å². The number of aliphatic imine (C=N–C) groups is 1. The van der Waals surface area contributed by atoms with Gasteiger partial charge in [0.2, 0.25) is 0 Å². The summed E-state index contributed by atoms with van der Waals surface area (Å²) in [6, 6.07) is 0. The summed E-state index contributed by atoms with van der Waals surface area (Å²) in [4.78, 5) is 4.09. The van der Waals surface area contributed by atoms with Crippen molar-refractivity contribution in [3.8, 4) is 0 Å². The third-order valence-electron chi connectivity index (χ3n) is 3.27. The van der Waals surface area contributed by atoms with Gasteiger partial charge in [-0.2, -0.15) is 0 Å². The van der Waals surface area contributed by atoms with E-state index in [0.717, 1.165) is 18.4 Å². The van der Waals surface area contributed by atoms with Gasteiger partial charge < -0.3 is 10.6 Å². The number of hydrogen-bond donors (Lipinski definition) is 2. The van der Waals surface area contributed by atoms with Crippen LogP contribution in [0.5, 0.6) is 0 Å². The number of nitrogens with one attached hydrogen (secondary N) is 2. The van der Waals surface area contributed by atoms with E-state index in [1.54, 1.807) is 7.05 Å². The summed E-state index contributed by atoms with van der Waals surface area (Å²) in [5, 5.41) is 6.33. The molecule has 0 aromatic carbocycles. The Morgan fingerprint density at radius 1 is 1.27 bits per heavy atom. The summed E-state index contributed by atoms with van der Waals surface area (Å²) < 4.78 is 0. The van der Waals surface area contributed by atoms with E-state index in [1.165, 1.54) is 44.9 Å². The van der Waals surface area contributed by atoms with E-state index in [9.17, 15) is 0 Å². The minimum atomic E-state index is 0.902. The minimum Gasteiger partial charge on any atom is -0.359 e. The molecule has 1 saturated carbocycles. The molecule has 3 nitrogen and oxygen atoms in total. The number of hydrogen-bond acceptors (Lipinski definition) is 1. The molecule has 0 heterocycles. The summed E-state index contributed by atoms with van der Waals surface area (Å²) in [6.45, 7) is 1.05. The molecule has 3 heteroatoms. The number of nitrogens with zero attached hydrogens (tertiary/aromatic N) is 1. The van der Waals surface area contributed by atoms with Gasteiger partial charge in [0.25, 0.3) is 0 Å². The van der Waals surface area contributed by atoms with Crippen molar-refractivity contribution >= 4 is 5.96 Å². The lowest BCUT2D eigenvalue weighted by Gasteiger charge is -2.21. The van der Waals surface area contributed by atoms with E-state index in [2.05, 4.69) is 15.6 Å². The van der Waals surface area contributed by atoms with E-state index in [-0.39, 0.29) is 0 Å². The van der Waals surface area contributed by atoms with Crippen LogP contribution in [0.25, 0.3) is 0 Å². The maximum Gasteiger partial charge on any atom is 0.190 e. The van der Waals surface area contributed by atoms with Crippen molar-refractivity contribution in [2.24, 2.45) is 10.9 Å². The predicted octanol–water partition coefficient (Wildman–Crippen LogP) is 2.14. The second-order valence-electron chi connectivity index (χ2n) is 4.40. The topological polar surface area (TPSA) is 36.4 Å². The minimum absolute atomic E-state index is 0.902. The van der Waals surface area contributed by atoms with Gasteiger partial charge in [-0.3, -0.25) is 4.99 Å². The van der Waals surface area contributed by atoms with Gasteiger partial charge in [-0.05, 0) is 18.8 Å². The SMILES string of the molecule is CN=C(NC)NCCCC1CCCCC1. The van der Waals surface area contributed by atoms with Crippen LogP contribution in [0.3, 0.4) is 0 Å². The van der Waals surface area contributed by atoms with Crippen molar-refractivity contribution in [1.29, 1.82) is 0 Å². The molecular formula is C12H25N3. The van der Waals surface area contributed by atoms with Crippen molar-refractivity contribution in [2.75, 3.05) is 20.6 Å². The lowest BCUT2D eigenvalue weighted by atomic mass is 9.86. The first-order valence-corrected chi connectivity index (χ1v) is 6.25. The second kappa shape index (κ2) is 7.55. The Balaban J connectivity index is 2.00. The lowest BCUT2D eigenvalue weighted by molar-refractivity contribution is 0.332. The fourth-order valence-electron chi connectivity index (χ4n) is 2.35. The molecule has 0 saturated heterocycles. The molecule has 0 aliphatic heterocycles. The molecule has 0 unspecified atom stereocenters. The Morgan fingerprint density at radius 2 is 2.00 bits per heavy atom. The molecule has 1 aliphatic rings. The van der Waals surface area contributed by atoms with E-state index < -0.39 is 0 Å². The quantitative estimate of drug-likeness (QED) is 0.424. The summed E-state index contributed by atoms with van der Waals surface area (Å²) in [5.74, 6) is 1.90. The molecule has 1 aliphatic carbocycles. The maximum absolute atomic E-state index is 4.09. The molecule has 0 atom stereocenters. The Bertz CT molecular complexity index is 183. The van der Waals surface area contributed by atoms with Crippen LogP contribution in [0.4, 0.5) is 0 Å². The lowest BCUT2D eigenvalue weighted by Crippen LogP contribution is -2.35. The van der Waals surface area contributed by atoms with Gasteiger partial charge in [0.1, 0.15) is 0 Å². The molecule has 0 aromatic heterocycles. The highest BCUT2D eigenvalue weighted by Gasteiger charge is 2.12. The molecule has 88 valence electrons. The maximum atomic E-state index is 4.09. The van der Waals surface area contributed by atoms with E-state index in [4.69, 9.17) is 0 Å². The largest absolute Gasteiger partial charge is 0.359 e. The smallest absolute Gasteiger partial charge is 0.190 e. The van der Waals surface area contributed by atoms with Crippen LogP contribution in [0.1, 0.15) is 44.9 Å². The zero-order valence-corrected chi connectivity index (χ0v) is 10.2. The molecule has 15 heavy (non-hydrogen) atoms. The van der Waals surface area contributed by atoms with Crippen LogP contribution in [0.15, 0.2) is 4.99 Å². The fraction of sp³-hybridized carbons (Fsp3) is 0.917. The summed E-state index contributed by atoms with van der Waals surface area (Å²) in [5.41, 5.74) is 0. The van der Waals surface area contributed by atoms with Gasteiger partial charge in [-0.1, -0.05) is 32.1 Å². The Labute approximate surface area is 93.7 Å². The zero-order valence-electron chi connectivity index (χ0n) is 10.2. The summed E-state index contributed by atoms with van der Waals surface area (Å²) in [6.07, 6.45) is 9.94. The normalized spacial score (nSPS) is 18.9. The van der Waals surface area contributed by atoms with Crippen LogP contribution >= 0.6 is 0 Å². The predicted molar refractivity (Wildman–Crippen MR) is 66.2 cm³/mol. The molecule has 1 rings (SSSR count). The highest BCUT2D eigenvalue weighted by molar-refractivity contribution is 5.79. The van der Waals surface area contributed by atoms with Crippen molar-refractivity contribution in [1.82, 2.24) is 10.6 Å². The van der Waals surface area contributed by atoms with Gasteiger partial charge >= 0.3 is 0 Å². The van der Waals surface area contributed by atoms with Crippen LogP contribution in [0.2, 0.25) is 0 Å². The average molecular weight is 211 g/mol. The molecule has 0 radical (unpaired) electrons. The first-order chi connectivity index (χ1) is 7.36. The van der Waals surface area contributed by atoms with Crippen LogP contribution in [-0.2, 0) is 0 Å². The van der Waals surface area contributed by atoms with Crippen LogP contribution < -0.4 is 10.6 Å². The molecule has 0 aromatic rings. The van der Waals surface area contributed by atoms with Crippen molar-refractivity contribution < 1.29 is 0 Å². The van der Waals surface area contributed by atoms with Crippen molar-refractivity contribution in [3.63, 3.8) is 0 Å². The molecule has 0 amide bonds. The first-order valence-electron chi connectivity index (χ1n) is 6.25. The highest BCUT2D eigenvalue weighted by atomic mass is 15.1. The highest BCUT2D eigenvalue weighted by Crippen LogP contribution is 2.26. The molecule has 2 N–H and O–H groups in total. The van der Waals surface area contributed by atoms with Gasteiger partial charge in [0.15, 0.2) is 5.96 Å². The van der Waals surface area contributed by atoms with Gasteiger partial charge in [0.05, 0.1) is 0 Å². The fourth-order valence-corrected chi connectivity index (χ4v) is 2.35. The van der Waals surface area contributed by atoms with Gasteiger partial charge in [-0.15, -0.1) is 0 Å². The summed E-state index contributed by atoms with van der Waals surface area (Å²) in [7, 11) is 3.70. The third-order valence-corrected chi connectivity index (χ3v) is 3.27. The molecule has 0 spiro atoms. The monoisotopic (exact) mass is 211 g/mol.